The lowest BCUT2D eigenvalue weighted by molar-refractivity contribution is -0.117. The van der Waals surface area contributed by atoms with Crippen molar-refractivity contribution in [3.05, 3.63) is 52.1 Å². The number of ketones is 1. The van der Waals surface area contributed by atoms with Crippen LogP contribution in [0.2, 0.25) is 0 Å². The summed E-state index contributed by atoms with van der Waals surface area (Å²) in [6.07, 6.45) is 3.55. The van der Waals surface area contributed by atoms with Crippen LogP contribution in [0.15, 0.2) is 18.2 Å². The number of rotatable bonds is 7. The maximum atomic E-state index is 13.5. The van der Waals surface area contributed by atoms with Crippen molar-refractivity contribution >= 4 is 23.3 Å². The first-order valence-corrected chi connectivity index (χ1v) is 11.4. The predicted octanol–water partition coefficient (Wildman–Crippen LogP) is 3.52. The number of aryl methyl sites for hydroxylation is 1. The minimum Gasteiger partial charge on any atom is -0.345 e. The van der Waals surface area contributed by atoms with Crippen LogP contribution in [0.1, 0.15) is 63.9 Å². The van der Waals surface area contributed by atoms with E-state index in [4.69, 9.17) is 0 Å². The van der Waals surface area contributed by atoms with Crippen molar-refractivity contribution in [1.29, 1.82) is 0 Å². The van der Waals surface area contributed by atoms with Crippen LogP contribution >= 0.6 is 0 Å². The first kappa shape index (κ1) is 24.6. The fourth-order valence-electron chi connectivity index (χ4n) is 4.52. The molecule has 0 aliphatic carbocycles. The Morgan fingerprint density at radius 3 is 2.39 bits per heavy atom. The molecule has 0 spiro atoms. The van der Waals surface area contributed by atoms with Crippen molar-refractivity contribution in [2.75, 3.05) is 25.0 Å². The molecule has 0 saturated carbocycles. The van der Waals surface area contributed by atoms with E-state index in [1.54, 1.807) is 38.5 Å². The molecular weight excluding hydrogens is 423 g/mol. The van der Waals surface area contributed by atoms with E-state index in [1.165, 1.54) is 18.6 Å². The fourth-order valence-corrected chi connectivity index (χ4v) is 4.52. The van der Waals surface area contributed by atoms with E-state index >= 15 is 0 Å². The lowest BCUT2D eigenvalue weighted by Crippen LogP contribution is -2.46. The number of anilines is 1. The number of carbonyl (C=O) groups excluding carboxylic acids is 3. The van der Waals surface area contributed by atoms with Gasteiger partial charge in [-0.25, -0.2) is 4.39 Å². The van der Waals surface area contributed by atoms with Gasteiger partial charge in [0.15, 0.2) is 0 Å². The van der Waals surface area contributed by atoms with Crippen LogP contribution in [-0.2, 0) is 11.8 Å². The van der Waals surface area contributed by atoms with Crippen LogP contribution < -0.4 is 10.6 Å². The summed E-state index contributed by atoms with van der Waals surface area (Å²) >= 11 is 0. The van der Waals surface area contributed by atoms with E-state index in [0.717, 1.165) is 25.9 Å². The molecule has 2 aromatic rings. The van der Waals surface area contributed by atoms with E-state index < -0.39 is 17.6 Å². The zero-order valence-corrected chi connectivity index (χ0v) is 20.0. The molecular formula is C25H33FN4O3. The molecule has 7 nitrogen and oxygen atoms in total. The zero-order valence-electron chi connectivity index (χ0n) is 20.0. The average molecular weight is 457 g/mol. The number of benzene rings is 1. The molecule has 1 fully saturated rings. The van der Waals surface area contributed by atoms with Gasteiger partial charge in [0.2, 0.25) is 0 Å². The predicted molar refractivity (Wildman–Crippen MR) is 126 cm³/mol. The van der Waals surface area contributed by atoms with E-state index in [2.05, 4.69) is 15.5 Å². The Morgan fingerprint density at radius 1 is 1.09 bits per heavy atom. The third kappa shape index (κ3) is 5.50. The topological polar surface area (TPSA) is 83.4 Å². The number of Topliss-reactive ketones (excluding diaryl/α,β-unsaturated/α-hetero) is 1. The van der Waals surface area contributed by atoms with Gasteiger partial charge in [0.1, 0.15) is 5.82 Å². The third-order valence-corrected chi connectivity index (χ3v) is 6.35. The van der Waals surface area contributed by atoms with Gasteiger partial charge in [-0.05, 0) is 83.0 Å². The van der Waals surface area contributed by atoms with Crippen molar-refractivity contribution in [1.82, 2.24) is 14.8 Å². The summed E-state index contributed by atoms with van der Waals surface area (Å²) in [6.45, 7) is 9.63. The Morgan fingerprint density at radius 2 is 1.76 bits per heavy atom. The second-order valence-electron chi connectivity index (χ2n) is 8.98. The molecule has 0 bridgehead atoms. The van der Waals surface area contributed by atoms with E-state index in [1.807, 2.05) is 6.92 Å². The van der Waals surface area contributed by atoms with Gasteiger partial charge in [0.25, 0.3) is 17.6 Å². The molecule has 1 aliphatic heterocycles. The highest BCUT2D eigenvalue weighted by molar-refractivity contribution is 6.43. The summed E-state index contributed by atoms with van der Waals surface area (Å²) in [5.74, 6) is -2.11. The van der Waals surface area contributed by atoms with Gasteiger partial charge in [-0.1, -0.05) is 6.42 Å². The van der Waals surface area contributed by atoms with Crippen LogP contribution in [0.5, 0.6) is 0 Å². The number of amides is 2. The van der Waals surface area contributed by atoms with Crippen molar-refractivity contribution in [3.8, 4) is 0 Å². The number of aromatic nitrogens is 1. The summed E-state index contributed by atoms with van der Waals surface area (Å²) in [5, 5.41) is 5.57. The van der Waals surface area contributed by atoms with Crippen LogP contribution in [0.25, 0.3) is 0 Å². The van der Waals surface area contributed by atoms with Gasteiger partial charge >= 0.3 is 0 Å². The van der Waals surface area contributed by atoms with Crippen molar-refractivity contribution in [2.45, 2.75) is 53.0 Å². The number of likely N-dealkylation sites (tertiary alicyclic amines) is 1. The number of hydrogen-bond acceptors (Lipinski definition) is 4. The molecule has 2 amide bonds. The molecule has 1 aromatic heterocycles. The minimum absolute atomic E-state index is 0.161. The maximum absolute atomic E-state index is 13.5. The molecule has 178 valence electrons. The highest BCUT2D eigenvalue weighted by Crippen LogP contribution is 2.24. The summed E-state index contributed by atoms with van der Waals surface area (Å²) in [7, 11) is 1.67. The maximum Gasteiger partial charge on any atom is 0.294 e. The molecule has 33 heavy (non-hydrogen) atoms. The summed E-state index contributed by atoms with van der Waals surface area (Å²) < 4.78 is 15.1. The molecule has 1 atom stereocenters. The highest BCUT2D eigenvalue weighted by atomic mass is 19.1. The summed E-state index contributed by atoms with van der Waals surface area (Å²) in [5.41, 5.74) is 2.41. The van der Waals surface area contributed by atoms with Crippen LogP contribution in [0.3, 0.4) is 0 Å². The quantitative estimate of drug-likeness (QED) is 0.493. The number of piperidine rings is 1. The van der Waals surface area contributed by atoms with Crippen LogP contribution in [0, 0.1) is 26.6 Å². The number of nitrogens with one attached hydrogen (secondary N) is 2. The van der Waals surface area contributed by atoms with Gasteiger partial charge in [0.05, 0.1) is 11.3 Å². The third-order valence-electron chi connectivity index (χ3n) is 6.35. The Kier molecular flexibility index (Phi) is 7.68. The van der Waals surface area contributed by atoms with Gasteiger partial charge in [-0.3, -0.25) is 14.4 Å². The van der Waals surface area contributed by atoms with Crippen LogP contribution in [0.4, 0.5) is 10.1 Å². The van der Waals surface area contributed by atoms with Gasteiger partial charge < -0.3 is 20.1 Å². The number of carbonyl (C=O) groups is 3. The molecule has 3 rings (SSSR count). The fraction of sp³-hybridized carbons (Fsp3) is 0.480. The Hall–Kier alpha value is -3.00. The Labute approximate surface area is 194 Å². The molecule has 8 heteroatoms. The Bertz CT molecular complexity index is 1070. The highest BCUT2D eigenvalue weighted by Gasteiger charge is 2.29. The molecule has 1 aromatic carbocycles. The number of halogens is 1. The first-order chi connectivity index (χ1) is 15.6. The normalized spacial score (nSPS) is 15.2. The Balaban J connectivity index is 1.74. The standard InChI is InChI=1S/C25H33FN4O3/c1-15-13-19(9-10-20(15)26)28-24(32)21-17(3)22(29(5)18(21)4)23(31)25(33)27-16(2)14-30-11-7-6-8-12-30/h9-10,13,16H,6-8,11-12,14H2,1-5H3,(H,27,33)(H,28,32). The van der Waals surface area contributed by atoms with E-state index in [-0.39, 0.29) is 17.6 Å². The molecule has 1 aliphatic rings. The largest absolute Gasteiger partial charge is 0.345 e. The van der Waals surface area contributed by atoms with Gasteiger partial charge in [-0.2, -0.15) is 0 Å². The van der Waals surface area contributed by atoms with E-state index in [0.29, 0.717) is 34.6 Å². The minimum atomic E-state index is -0.677. The molecule has 1 saturated heterocycles. The number of nitrogens with zero attached hydrogens (tertiary/aromatic N) is 2. The molecule has 2 N–H and O–H groups in total. The second-order valence-corrected chi connectivity index (χ2v) is 8.98. The van der Waals surface area contributed by atoms with Crippen molar-refractivity contribution in [3.63, 3.8) is 0 Å². The van der Waals surface area contributed by atoms with Crippen molar-refractivity contribution < 1.29 is 18.8 Å². The lowest BCUT2D eigenvalue weighted by atomic mass is 10.1. The SMILES string of the molecule is Cc1cc(NC(=O)c2c(C)c(C(=O)C(=O)NC(C)CN3CCCCC3)n(C)c2C)ccc1F. The van der Waals surface area contributed by atoms with Gasteiger partial charge in [-0.15, -0.1) is 0 Å². The molecule has 2 heterocycles. The monoisotopic (exact) mass is 456 g/mol. The zero-order chi connectivity index (χ0) is 24.3. The molecule has 0 radical (unpaired) electrons. The summed E-state index contributed by atoms with van der Waals surface area (Å²) in [4.78, 5) is 41.0. The lowest BCUT2D eigenvalue weighted by Gasteiger charge is -2.29. The number of hydrogen-bond donors (Lipinski definition) is 2. The smallest absolute Gasteiger partial charge is 0.294 e. The average Bonchev–Trinajstić information content (AvgIpc) is 2.99. The van der Waals surface area contributed by atoms with Crippen molar-refractivity contribution in [2.24, 2.45) is 7.05 Å². The molecule has 1 unspecified atom stereocenters. The van der Waals surface area contributed by atoms with Crippen LogP contribution in [-0.4, -0.2) is 52.7 Å². The first-order valence-electron chi connectivity index (χ1n) is 11.4. The van der Waals surface area contributed by atoms with E-state index in [9.17, 15) is 18.8 Å². The second kappa shape index (κ2) is 10.3. The van der Waals surface area contributed by atoms with Gasteiger partial charge in [0, 0.05) is 31.0 Å². The summed E-state index contributed by atoms with van der Waals surface area (Å²) in [6, 6.07) is 4.16.